The molecule has 164 valence electrons. The molecule has 4 aromatic rings. The molecule has 32 heavy (non-hydrogen) atoms. The molecule has 0 aliphatic carbocycles. The van der Waals surface area contributed by atoms with E-state index in [-0.39, 0.29) is 11.8 Å². The Morgan fingerprint density at radius 1 is 1.22 bits per heavy atom. The fourth-order valence-electron chi connectivity index (χ4n) is 3.53. The van der Waals surface area contributed by atoms with Crippen LogP contribution in [-0.4, -0.2) is 38.8 Å². The van der Waals surface area contributed by atoms with E-state index in [4.69, 9.17) is 25.8 Å². The Morgan fingerprint density at radius 3 is 2.81 bits per heavy atom. The third-order valence-corrected chi connectivity index (χ3v) is 6.39. The predicted octanol–water partition coefficient (Wildman–Crippen LogP) is 3.70. The van der Waals surface area contributed by atoms with Gasteiger partial charge in [0.05, 0.1) is 34.4 Å². The second-order valence-electron chi connectivity index (χ2n) is 7.27. The summed E-state index contributed by atoms with van der Waals surface area (Å²) in [4.78, 5) is 22.8. The van der Waals surface area contributed by atoms with Crippen molar-refractivity contribution in [1.29, 1.82) is 0 Å². The van der Waals surface area contributed by atoms with Crippen LogP contribution in [0.2, 0.25) is 4.34 Å². The van der Waals surface area contributed by atoms with Crippen molar-refractivity contribution in [1.82, 2.24) is 19.5 Å². The van der Waals surface area contributed by atoms with Gasteiger partial charge in [-0.25, -0.2) is 14.8 Å². The molecule has 2 unspecified atom stereocenters. The molecular weight excluding hydrogens is 452 g/mol. The minimum atomic E-state index is -0.941. The van der Waals surface area contributed by atoms with E-state index in [9.17, 15) is 4.79 Å². The molecule has 1 N–H and O–H groups in total. The summed E-state index contributed by atoms with van der Waals surface area (Å²) >= 11 is 7.60. The molecule has 5 rings (SSSR count). The molecule has 3 aromatic heterocycles. The van der Waals surface area contributed by atoms with Crippen LogP contribution in [0.25, 0.3) is 11.3 Å². The van der Waals surface area contributed by atoms with Crippen molar-refractivity contribution in [2.45, 2.75) is 18.4 Å². The highest BCUT2D eigenvalue weighted by molar-refractivity contribution is 7.16. The summed E-state index contributed by atoms with van der Waals surface area (Å²) in [5.41, 5.74) is 1.18. The Hall–Kier alpha value is -2.98. The Morgan fingerprint density at radius 2 is 2.09 bits per heavy atom. The number of imidazole rings is 1. The molecule has 8 nitrogen and oxygen atoms in total. The van der Waals surface area contributed by atoms with E-state index < -0.39 is 5.79 Å². The molecule has 1 saturated heterocycles. The fraction of sp³-hybridized carbons (Fsp3) is 0.227. The lowest BCUT2D eigenvalue weighted by atomic mass is 10.1. The summed E-state index contributed by atoms with van der Waals surface area (Å²) in [7, 11) is 0. The number of H-pyrrole nitrogens is 1. The number of aromatic amines is 1. The second kappa shape index (κ2) is 8.87. The van der Waals surface area contributed by atoms with Crippen LogP contribution in [-0.2, 0) is 21.8 Å². The highest BCUT2D eigenvalue weighted by Crippen LogP contribution is 2.41. The number of nitrogens with zero attached hydrogens (tertiary/aromatic N) is 3. The standard InChI is InChI=1S/C22H19ClN4O4S/c23-20-6-5-19(32-20)22(13-27-10-9-24-14-27)30-12-17(31-22)11-29-16-3-1-15(2-4-16)18-7-8-25-21(28)26-18/h1-10,14,17H,11-13H2,(H,25,26,28). The van der Waals surface area contributed by atoms with Gasteiger partial charge >= 0.3 is 5.69 Å². The minimum Gasteiger partial charge on any atom is -0.491 e. The normalized spacial score (nSPS) is 20.5. The number of halogens is 1. The molecule has 1 aliphatic rings. The molecule has 2 atom stereocenters. The Bertz CT molecular complexity index is 1240. The van der Waals surface area contributed by atoms with Gasteiger partial charge in [0.2, 0.25) is 5.79 Å². The Kier molecular flexibility index (Phi) is 5.79. The van der Waals surface area contributed by atoms with E-state index in [0.717, 1.165) is 10.4 Å². The molecule has 0 radical (unpaired) electrons. The average molecular weight is 471 g/mol. The van der Waals surface area contributed by atoms with Gasteiger partial charge in [-0.2, -0.15) is 0 Å². The van der Waals surface area contributed by atoms with Crippen molar-refractivity contribution in [2.75, 3.05) is 13.2 Å². The lowest BCUT2D eigenvalue weighted by molar-refractivity contribution is -0.186. The highest BCUT2D eigenvalue weighted by Gasteiger charge is 2.45. The van der Waals surface area contributed by atoms with E-state index in [1.54, 1.807) is 18.6 Å². The van der Waals surface area contributed by atoms with Gasteiger partial charge in [0.1, 0.15) is 18.5 Å². The maximum absolute atomic E-state index is 11.4. The van der Waals surface area contributed by atoms with E-state index in [2.05, 4.69) is 15.0 Å². The van der Waals surface area contributed by atoms with Crippen LogP contribution >= 0.6 is 22.9 Å². The van der Waals surface area contributed by atoms with Crippen LogP contribution in [0.4, 0.5) is 0 Å². The predicted molar refractivity (Wildman–Crippen MR) is 120 cm³/mol. The van der Waals surface area contributed by atoms with Crippen LogP contribution in [0.1, 0.15) is 4.88 Å². The molecule has 1 aromatic carbocycles. The number of benzene rings is 1. The first-order valence-corrected chi connectivity index (χ1v) is 11.1. The average Bonchev–Trinajstić information content (AvgIpc) is 3.55. The van der Waals surface area contributed by atoms with Gasteiger partial charge in [0.15, 0.2) is 0 Å². The maximum atomic E-state index is 11.4. The summed E-state index contributed by atoms with van der Waals surface area (Å²) in [5.74, 6) is -0.246. The van der Waals surface area contributed by atoms with Crippen LogP contribution in [0, 0.1) is 0 Å². The molecular formula is C22H19ClN4O4S. The first kappa shape index (κ1) is 20.9. The third kappa shape index (κ3) is 4.46. The zero-order valence-electron chi connectivity index (χ0n) is 16.8. The van der Waals surface area contributed by atoms with E-state index in [1.807, 2.05) is 47.2 Å². The SMILES string of the molecule is O=c1nccc(-c2ccc(OCC3COC(Cn4ccnc4)(c4ccc(Cl)s4)O3)cc2)[nH]1. The minimum absolute atomic E-state index is 0.254. The zero-order chi connectivity index (χ0) is 22.0. The monoisotopic (exact) mass is 470 g/mol. The molecule has 0 bridgehead atoms. The topological polar surface area (TPSA) is 91.3 Å². The van der Waals surface area contributed by atoms with Crippen molar-refractivity contribution in [2.24, 2.45) is 0 Å². The maximum Gasteiger partial charge on any atom is 0.345 e. The van der Waals surface area contributed by atoms with Gasteiger partial charge in [-0.3, -0.25) is 0 Å². The molecule has 4 heterocycles. The van der Waals surface area contributed by atoms with Crippen molar-refractivity contribution >= 4 is 22.9 Å². The quantitative estimate of drug-likeness (QED) is 0.443. The first-order valence-electron chi connectivity index (χ1n) is 9.92. The number of hydrogen-bond acceptors (Lipinski definition) is 7. The van der Waals surface area contributed by atoms with Gasteiger partial charge < -0.3 is 23.8 Å². The van der Waals surface area contributed by atoms with E-state index in [1.165, 1.54) is 17.5 Å². The van der Waals surface area contributed by atoms with E-state index >= 15 is 0 Å². The summed E-state index contributed by atoms with van der Waals surface area (Å²) in [6.45, 7) is 1.18. The summed E-state index contributed by atoms with van der Waals surface area (Å²) in [5, 5.41) is 0. The van der Waals surface area contributed by atoms with Gasteiger partial charge in [-0.15, -0.1) is 11.3 Å². The largest absolute Gasteiger partial charge is 0.491 e. The van der Waals surface area contributed by atoms with E-state index in [0.29, 0.717) is 35.5 Å². The third-order valence-electron chi connectivity index (χ3n) is 5.03. The van der Waals surface area contributed by atoms with Crippen LogP contribution in [0.5, 0.6) is 5.75 Å². The van der Waals surface area contributed by atoms with Gasteiger partial charge in [-0.1, -0.05) is 11.6 Å². The number of hydrogen-bond donors (Lipinski definition) is 1. The number of thiophene rings is 1. The summed E-state index contributed by atoms with van der Waals surface area (Å²) in [6.07, 6.45) is 6.54. The zero-order valence-corrected chi connectivity index (χ0v) is 18.4. The molecule has 10 heteroatoms. The molecule has 0 amide bonds. The van der Waals surface area contributed by atoms with Gasteiger partial charge in [0, 0.05) is 18.6 Å². The van der Waals surface area contributed by atoms with Crippen LogP contribution in [0.15, 0.2) is 72.2 Å². The van der Waals surface area contributed by atoms with Gasteiger partial charge in [-0.05, 0) is 48.0 Å². The smallest absolute Gasteiger partial charge is 0.345 e. The number of ether oxygens (including phenoxy) is 3. The van der Waals surface area contributed by atoms with Crippen molar-refractivity contribution in [3.05, 3.63) is 87.1 Å². The highest BCUT2D eigenvalue weighted by atomic mass is 35.5. The first-order chi connectivity index (χ1) is 15.6. The lowest BCUT2D eigenvalue weighted by Crippen LogP contribution is -2.33. The van der Waals surface area contributed by atoms with Crippen LogP contribution in [0.3, 0.4) is 0 Å². The number of aromatic nitrogens is 4. The van der Waals surface area contributed by atoms with Crippen molar-refractivity contribution in [3.63, 3.8) is 0 Å². The molecule has 0 saturated carbocycles. The van der Waals surface area contributed by atoms with Crippen molar-refractivity contribution < 1.29 is 14.2 Å². The van der Waals surface area contributed by atoms with Crippen LogP contribution < -0.4 is 10.4 Å². The Balaban J connectivity index is 1.26. The Labute approximate surface area is 192 Å². The second-order valence-corrected chi connectivity index (χ2v) is 8.98. The summed E-state index contributed by atoms with van der Waals surface area (Å²) < 4.78 is 21.1. The lowest BCUT2D eigenvalue weighted by Gasteiger charge is -2.27. The van der Waals surface area contributed by atoms with Crippen molar-refractivity contribution in [3.8, 4) is 17.0 Å². The molecule has 0 spiro atoms. The molecule has 1 aliphatic heterocycles. The fourth-order valence-corrected chi connectivity index (χ4v) is 4.66. The number of nitrogens with one attached hydrogen (secondary N) is 1. The molecule has 1 fully saturated rings. The number of rotatable bonds is 7. The van der Waals surface area contributed by atoms with Gasteiger partial charge in [0.25, 0.3) is 0 Å². The summed E-state index contributed by atoms with van der Waals surface area (Å²) in [6, 6.07) is 13.0.